The average molecular weight is 207 g/mol. The smallest absolute Gasteiger partial charge is 0.253 e. The minimum absolute atomic E-state index is 0.0580. The molecule has 0 aliphatic rings. The third kappa shape index (κ3) is 4.15. The summed E-state index contributed by atoms with van der Waals surface area (Å²) in [6, 6.07) is 7.75. The lowest BCUT2D eigenvalue weighted by Crippen LogP contribution is -2.21. The van der Waals surface area contributed by atoms with Crippen molar-refractivity contribution in [2.24, 2.45) is 0 Å². The highest BCUT2D eigenvalue weighted by Gasteiger charge is 2.06. The standard InChI is InChI=1S/C11H15NO.C2H6/c1-4-9-5-7-10(8-6-9)11(13)12(2)3;1-2/h5-8H,4H2,1-3H3;1-2H3. The van der Waals surface area contributed by atoms with Gasteiger partial charge in [-0.25, -0.2) is 0 Å². The summed E-state index contributed by atoms with van der Waals surface area (Å²) in [5, 5.41) is 0. The van der Waals surface area contributed by atoms with Gasteiger partial charge in [0.25, 0.3) is 5.91 Å². The van der Waals surface area contributed by atoms with Crippen LogP contribution in [-0.4, -0.2) is 24.9 Å². The van der Waals surface area contributed by atoms with Crippen LogP contribution in [-0.2, 0) is 6.42 Å². The van der Waals surface area contributed by atoms with E-state index in [0.29, 0.717) is 0 Å². The summed E-state index contributed by atoms with van der Waals surface area (Å²) >= 11 is 0. The Kier molecular flexibility index (Phi) is 6.43. The monoisotopic (exact) mass is 207 g/mol. The first kappa shape index (κ1) is 13.7. The molecule has 1 aromatic carbocycles. The van der Waals surface area contributed by atoms with Crippen molar-refractivity contribution in [2.75, 3.05) is 14.1 Å². The van der Waals surface area contributed by atoms with Crippen molar-refractivity contribution in [1.29, 1.82) is 0 Å². The third-order valence-corrected chi connectivity index (χ3v) is 2.02. The van der Waals surface area contributed by atoms with Crippen molar-refractivity contribution in [3.8, 4) is 0 Å². The molecule has 0 bridgehead atoms. The minimum atomic E-state index is 0.0580. The zero-order valence-corrected chi connectivity index (χ0v) is 10.4. The van der Waals surface area contributed by atoms with Crippen LogP contribution in [0.5, 0.6) is 0 Å². The zero-order chi connectivity index (χ0) is 11.8. The van der Waals surface area contributed by atoms with Crippen molar-refractivity contribution in [3.63, 3.8) is 0 Å². The lowest BCUT2D eigenvalue weighted by atomic mass is 10.1. The molecule has 0 aliphatic heterocycles. The van der Waals surface area contributed by atoms with Crippen LogP contribution in [0.3, 0.4) is 0 Å². The second-order valence-corrected chi connectivity index (χ2v) is 3.25. The molecule has 1 aromatic rings. The molecule has 0 atom stereocenters. The van der Waals surface area contributed by atoms with Crippen molar-refractivity contribution < 1.29 is 4.79 Å². The molecule has 0 spiro atoms. The van der Waals surface area contributed by atoms with Crippen LogP contribution < -0.4 is 0 Å². The van der Waals surface area contributed by atoms with Crippen molar-refractivity contribution in [3.05, 3.63) is 35.4 Å². The molecule has 0 N–H and O–H groups in total. The summed E-state index contributed by atoms with van der Waals surface area (Å²) in [6.07, 6.45) is 1.01. The SMILES string of the molecule is CC.CCc1ccc(C(=O)N(C)C)cc1. The molecule has 2 heteroatoms. The van der Waals surface area contributed by atoms with E-state index in [0.717, 1.165) is 12.0 Å². The number of nitrogens with zero attached hydrogens (tertiary/aromatic N) is 1. The Hall–Kier alpha value is -1.31. The fourth-order valence-corrected chi connectivity index (χ4v) is 1.14. The lowest BCUT2D eigenvalue weighted by molar-refractivity contribution is 0.0827. The number of benzene rings is 1. The Labute approximate surface area is 92.9 Å². The van der Waals surface area contributed by atoms with Crippen molar-refractivity contribution in [2.45, 2.75) is 27.2 Å². The highest BCUT2D eigenvalue weighted by Crippen LogP contribution is 2.06. The normalized spacial score (nSPS) is 8.87. The Morgan fingerprint density at radius 2 is 1.60 bits per heavy atom. The molecule has 1 amide bonds. The van der Waals surface area contributed by atoms with E-state index in [1.807, 2.05) is 38.1 Å². The van der Waals surface area contributed by atoms with Gasteiger partial charge in [0.1, 0.15) is 0 Å². The van der Waals surface area contributed by atoms with E-state index in [1.165, 1.54) is 5.56 Å². The molecular weight excluding hydrogens is 186 g/mol. The van der Waals surface area contributed by atoms with Crippen LogP contribution in [0.1, 0.15) is 36.7 Å². The van der Waals surface area contributed by atoms with E-state index in [9.17, 15) is 4.79 Å². The molecule has 0 saturated carbocycles. The number of carbonyl (C=O) groups is 1. The van der Waals surface area contributed by atoms with Gasteiger partial charge in [0, 0.05) is 19.7 Å². The van der Waals surface area contributed by atoms with Crippen molar-refractivity contribution >= 4 is 5.91 Å². The maximum absolute atomic E-state index is 11.5. The first-order valence-electron chi connectivity index (χ1n) is 5.45. The molecule has 0 saturated heterocycles. The van der Waals surface area contributed by atoms with Gasteiger partial charge in [-0.05, 0) is 24.1 Å². The van der Waals surface area contributed by atoms with Gasteiger partial charge >= 0.3 is 0 Å². The maximum Gasteiger partial charge on any atom is 0.253 e. The van der Waals surface area contributed by atoms with Crippen LogP contribution in [0.15, 0.2) is 24.3 Å². The lowest BCUT2D eigenvalue weighted by Gasteiger charge is -2.10. The fourth-order valence-electron chi connectivity index (χ4n) is 1.14. The maximum atomic E-state index is 11.5. The second kappa shape index (κ2) is 7.04. The van der Waals surface area contributed by atoms with Crippen molar-refractivity contribution in [1.82, 2.24) is 4.90 Å². The van der Waals surface area contributed by atoms with Gasteiger partial charge in [0.2, 0.25) is 0 Å². The van der Waals surface area contributed by atoms with Gasteiger partial charge in [-0.1, -0.05) is 32.9 Å². The number of hydrogen-bond donors (Lipinski definition) is 0. The molecule has 0 unspecified atom stereocenters. The van der Waals surface area contributed by atoms with E-state index in [1.54, 1.807) is 19.0 Å². The van der Waals surface area contributed by atoms with Crippen LogP contribution in [0, 0.1) is 0 Å². The van der Waals surface area contributed by atoms with Crippen LogP contribution in [0.4, 0.5) is 0 Å². The van der Waals surface area contributed by atoms with Gasteiger partial charge in [-0.15, -0.1) is 0 Å². The van der Waals surface area contributed by atoms with Crippen LogP contribution >= 0.6 is 0 Å². The summed E-state index contributed by atoms with van der Waals surface area (Å²) < 4.78 is 0. The van der Waals surface area contributed by atoms with Gasteiger partial charge < -0.3 is 4.90 Å². The van der Waals surface area contributed by atoms with Crippen LogP contribution in [0.25, 0.3) is 0 Å². The first-order valence-corrected chi connectivity index (χ1v) is 5.45. The molecule has 84 valence electrons. The van der Waals surface area contributed by atoms with Gasteiger partial charge in [0.15, 0.2) is 0 Å². The van der Waals surface area contributed by atoms with E-state index >= 15 is 0 Å². The number of aryl methyl sites for hydroxylation is 1. The summed E-state index contributed by atoms with van der Waals surface area (Å²) in [5.74, 6) is 0.0580. The molecule has 0 aliphatic carbocycles. The molecule has 0 radical (unpaired) electrons. The molecule has 15 heavy (non-hydrogen) atoms. The Morgan fingerprint density at radius 1 is 1.13 bits per heavy atom. The number of rotatable bonds is 2. The summed E-state index contributed by atoms with van der Waals surface area (Å²) in [5.41, 5.74) is 2.01. The molecule has 2 nitrogen and oxygen atoms in total. The highest BCUT2D eigenvalue weighted by molar-refractivity contribution is 5.93. The molecule has 0 aromatic heterocycles. The minimum Gasteiger partial charge on any atom is -0.345 e. The van der Waals surface area contributed by atoms with E-state index < -0.39 is 0 Å². The number of hydrogen-bond acceptors (Lipinski definition) is 1. The fraction of sp³-hybridized carbons (Fsp3) is 0.462. The first-order chi connectivity index (χ1) is 7.15. The average Bonchev–Trinajstić information content (AvgIpc) is 2.31. The topological polar surface area (TPSA) is 20.3 Å². The number of carbonyl (C=O) groups excluding carboxylic acids is 1. The Morgan fingerprint density at radius 3 is 1.93 bits per heavy atom. The van der Waals surface area contributed by atoms with E-state index in [4.69, 9.17) is 0 Å². The molecule has 1 rings (SSSR count). The van der Waals surface area contributed by atoms with Crippen LogP contribution in [0.2, 0.25) is 0 Å². The number of amides is 1. The van der Waals surface area contributed by atoms with Gasteiger partial charge in [-0.2, -0.15) is 0 Å². The van der Waals surface area contributed by atoms with E-state index in [2.05, 4.69) is 6.92 Å². The summed E-state index contributed by atoms with van der Waals surface area (Å²) in [4.78, 5) is 13.1. The second-order valence-electron chi connectivity index (χ2n) is 3.25. The molecule has 0 heterocycles. The van der Waals surface area contributed by atoms with Gasteiger partial charge in [0.05, 0.1) is 0 Å². The summed E-state index contributed by atoms with van der Waals surface area (Å²) in [7, 11) is 3.52. The van der Waals surface area contributed by atoms with Gasteiger partial charge in [-0.3, -0.25) is 4.79 Å². The molecule has 0 fully saturated rings. The Bertz CT molecular complexity index is 288. The predicted octanol–water partition coefficient (Wildman–Crippen LogP) is 2.98. The Balaban J connectivity index is 0.000000921. The zero-order valence-electron chi connectivity index (χ0n) is 10.4. The quantitative estimate of drug-likeness (QED) is 0.730. The summed E-state index contributed by atoms with van der Waals surface area (Å²) in [6.45, 7) is 6.10. The third-order valence-electron chi connectivity index (χ3n) is 2.02. The molecular formula is C13H21NO. The largest absolute Gasteiger partial charge is 0.345 e. The van der Waals surface area contributed by atoms with E-state index in [-0.39, 0.29) is 5.91 Å². The highest BCUT2D eigenvalue weighted by atomic mass is 16.2. The predicted molar refractivity (Wildman–Crippen MR) is 65.2 cm³/mol.